The number of aromatic amines is 1. The van der Waals surface area contributed by atoms with Crippen LogP contribution in [0.15, 0.2) is 24.4 Å². The van der Waals surface area contributed by atoms with Gasteiger partial charge in [-0.25, -0.2) is 0 Å². The second kappa shape index (κ2) is 4.91. The van der Waals surface area contributed by atoms with Crippen molar-refractivity contribution in [3.8, 4) is 5.75 Å². The summed E-state index contributed by atoms with van der Waals surface area (Å²) in [6, 6.07) is 4.48. The second-order valence-corrected chi connectivity index (χ2v) is 6.55. The summed E-state index contributed by atoms with van der Waals surface area (Å²) in [6.07, 6.45) is -3.14. The zero-order valence-electron chi connectivity index (χ0n) is 13.2. The molecule has 0 amide bonds. The zero-order chi connectivity index (χ0) is 17.0. The molecule has 0 saturated carbocycles. The molecule has 23 heavy (non-hydrogen) atoms. The molecular formula is C15H17BF3NO3. The number of nitrogens with one attached hydrogen (secondary N) is 1. The summed E-state index contributed by atoms with van der Waals surface area (Å²) < 4.78 is 54.2. The Bertz CT molecular complexity index is 723. The molecule has 0 unspecified atom stereocenters. The molecule has 1 N–H and O–H groups in total. The highest BCUT2D eigenvalue weighted by molar-refractivity contribution is 6.66. The first-order valence-electron chi connectivity index (χ1n) is 7.21. The van der Waals surface area contributed by atoms with Crippen LogP contribution in [0.4, 0.5) is 13.2 Å². The van der Waals surface area contributed by atoms with E-state index in [0.717, 1.165) is 0 Å². The SMILES string of the molecule is CC1(C)OB(c2c(OC(F)(F)F)ccc3[nH]ccc23)OC1(C)C. The van der Waals surface area contributed by atoms with Crippen LogP contribution < -0.4 is 10.2 Å². The molecule has 3 rings (SSSR count). The van der Waals surface area contributed by atoms with Gasteiger partial charge in [0.1, 0.15) is 5.75 Å². The number of alkyl halides is 3. The molecule has 2 aromatic rings. The predicted octanol–water partition coefficient (Wildman–Crippen LogP) is 3.37. The van der Waals surface area contributed by atoms with Gasteiger partial charge in [-0.3, -0.25) is 0 Å². The molecule has 1 aliphatic heterocycles. The highest BCUT2D eigenvalue weighted by Gasteiger charge is 2.53. The third-order valence-electron chi connectivity index (χ3n) is 4.45. The lowest BCUT2D eigenvalue weighted by molar-refractivity contribution is -0.274. The molecule has 8 heteroatoms. The van der Waals surface area contributed by atoms with E-state index in [1.165, 1.54) is 12.1 Å². The Labute approximate surface area is 132 Å². The van der Waals surface area contributed by atoms with Crippen LogP contribution in [-0.2, 0) is 9.31 Å². The number of hydrogen-bond donors (Lipinski definition) is 1. The van der Waals surface area contributed by atoms with Crippen molar-refractivity contribution in [1.82, 2.24) is 4.98 Å². The summed E-state index contributed by atoms with van der Waals surface area (Å²) >= 11 is 0. The first-order valence-corrected chi connectivity index (χ1v) is 7.21. The Hall–Kier alpha value is -1.67. The van der Waals surface area contributed by atoms with E-state index in [1.807, 2.05) is 27.7 Å². The first kappa shape index (κ1) is 16.2. The van der Waals surface area contributed by atoms with Crippen LogP contribution in [-0.4, -0.2) is 29.7 Å². The van der Waals surface area contributed by atoms with Gasteiger partial charge in [0.05, 0.1) is 11.2 Å². The Balaban J connectivity index is 2.12. The van der Waals surface area contributed by atoms with Crippen molar-refractivity contribution >= 4 is 23.5 Å². The highest BCUT2D eigenvalue weighted by atomic mass is 19.4. The molecule has 0 bridgehead atoms. The lowest BCUT2D eigenvalue weighted by Gasteiger charge is -2.32. The molecule has 0 aliphatic carbocycles. The Morgan fingerprint density at radius 2 is 1.65 bits per heavy atom. The summed E-state index contributed by atoms with van der Waals surface area (Å²) in [4.78, 5) is 2.97. The van der Waals surface area contributed by atoms with Gasteiger partial charge in [-0.15, -0.1) is 13.2 Å². The van der Waals surface area contributed by atoms with Gasteiger partial charge >= 0.3 is 13.5 Å². The number of fused-ring (bicyclic) bond motifs is 1. The third kappa shape index (κ3) is 2.81. The molecule has 0 atom stereocenters. The molecule has 1 aromatic heterocycles. The molecule has 1 aromatic carbocycles. The van der Waals surface area contributed by atoms with Crippen LogP contribution in [0, 0.1) is 0 Å². The molecule has 1 aliphatic rings. The molecule has 4 nitrogen and oxygen atoms in total. The molecule has 0 spiro atoms. The van der Waals surface area contributed by atoms with Gasteiger partial charge in [0.25, 0.3) is 0 Å². The number of H-pyrrole nitrogens is 1. The van der Waals surface area contributed by atoms with Crippen molar-refractivity contribution in [2.75, 3.05) is 0 Å². The number of benzene rings is 1. The molecule has 0 radical (unpaired) electrons. The van der Waals surface area contributed by atoms with E-state index in [9.17, 15) is 13.2 Å². The van der Waals surface area contributed by atoms with E-state index < -0.39 is 24.7 Å². The highest BCUT2D eigenvalue weighted by Crippen LogP contribution is 2.38. The molecule has 1 saturated heterocycles. The number of ether oxygens (including phenoxy) is 1. The fraction of sp³-hybridized carbons (Fsp3) is 0.467. The minimum atomic E-state index is -4.79. The summed E-state index contributed by atoms with van der Waals surface area (Å²) in [5, 5.41) is 0.574. The van der Waals surface area contributed by atoms with Crippen molar-refractivity contribution < 1.29 is 27.2 Å². The molecule has 1 fully saturated rings. The fourth-order valence-electron chi connectivity index (χ4n) is 2.55. The maximum absolute atomic E-state index is 12.7. The normalized spacial score (nSPS) is 20.2. The van der Waals surface area contributed by atoms with Crippen LogP contribution in [0.1, 0.15) is 27.7 Å². The maximum atomic E-state index is 12.7. The van der Waals surface area contributed by atoms with E-state index in [1.54, 1.807) is 12.3 Å². The van der Waals surface area contributed by atoms with Crippen LogP contribution in [0.2, 0.25) is 0 Å². The monoisotopic (exact) mass is 327 g/mol. The van der Waals surface area contributed by atoms with Crippen LogP contribution in [0.25, 0.3) is 10.9 Å². The van der Waals surface area contributed by atoms with E-state index in [0.29, 0.717) is 10.9 Å². The van der Waals surface area contributed by atoms with E-state index >= 15 is 0 Å². The summed E-state index contributed by atoms with van der Waals surface area (Å²) in [7, 11) is -0.947. The predicted molar refractivity (Wildman–Crippen MR) is 80.7 cm³/mol. The summed E-state index contributed by atoms with van der Waals surface area (Å²) in [6.45, 7) is 7.37. The van der Waals surface area contributed by atoms with E-state index in [4.69, 9.17) is 9.31 Å². The van der Waals surface area contributed by atoms with Crippen molar-refractivity contribution in [1.29, 1.82) is 0 Å². The Morgan fingerprint density at radius 1 is 1.04 bits per heavy atom. The van der Waals surface area contributed by atoms with Gasteiger partial charge in [-0.1, -0.05) is 0 Å². The van der Waals surface area contributed by atoms with Gasteiger partial charge in [0.2, 0.25) is 0 Å². The van der Waals surface area contributed by atoms with Gasteiger partial charge in [-0.05, 0) is 45.9 Å². The Morgan fingerprint density at radius 3 is 2.22 bits per heavy atom. The maximum Gasteiger partial charge on any atom is 0.573 e. The lowest BCUT2D eigenvalue weighted by atomic mass is 9.76. The van der Waals surface area contributed by atoms with Crippen molar-refractivity contribution in [3.05, 3.63) is 24.4 Å². The average molecular weight is 327 g/mol. The Kier molecular flexibility index (Phi) is 3.46. The van der Waals surface area contributed by atoms with Gasteiger partial charge in [0.15, 0.2) is 0 Å². The number of aromatic nitrogens is 1. The minimum Gasteiger partial charge on any atom is -0.406 e. The molecule has 124 valence electrons. The third-order valence-corrected chi connectivity index (χ3v) is 4.45. The van der Waals surface area contributed by atoms with Crippen LogP contribution in [0.3, 0.4) is 0 Å². The minimum absolute atomic E-state index is 0.236. The zero-order valence-corrected chi connectivity index (χ0v) is 13.2. The molecule has 2 heterocycles. The standard InChI is InChI=1S/C15H17BF3NO3/c1-13(2)14(3,4)23-16(22-13)12-9-7-8-20-10(9)5-6-11(12)21-15(17,18)19/h5-8,20H,1-4H3. The van der Waals surface area contributed by atoms with Crippen molar-refractivity contribution in [3.63, 3.8) is 0 Å². The summed E-state index contributed by atoms with van der Waals surface area (Å²) in [5.41, 5.74) is -0.402. The summed E-state index contributed by atoms with van der Waals surface area (Å²) in [5.74, 6) is -0.317. The smallest absolute Gasteiger partial charge is 0.406 e. The van der Waals surface area contributed by atoms with Gasteiger partial charge in [0, 0.05) is 22.6 Å². The average Bonchev–Trinajstić information content (AvgIpc) is 2.90. The molecular weight excluding hydrogens is 310 g/mol. The second-order valence-electron chi connectivity index (χ2n) is 6.55. The lowest BCUT2D eigenvalue weighted by Crippen LogP contribution is -2.41. The van der Waals surface area contributed by atoms with Crippen LogP contribution in [0.5, 0.6) is 5.75 Å². The van der Waals surface area contributed by atoms with Gasteiger partial charge in [-0.2, -0.15) is 0 Å². The fourth-order valence-corrected chi connectivity index (χ4v) is 2.55. The number of hydrogen-bond acceptors (Lipinski definition) is 3. The van der Waals surface area contributed by atoms with Gasteiger partial charge < -0.3 is 19.0 Å². The number of rotatable bonds is 2. The largest absolute Gasteiger partial charge is 0.573 e. The van der Waals surface area contributed by atoms with E-state index in [-0.39, 0.29) is 11.2 Å². The number of halogens is 3. The first-order chi connectivity index (χ1) is 10.5. The van der Waals surface area contributed by atoms with Crippen LogP contribution >= 0.6 is 0 Å². The van der Waals surface area contributed by atoms with Crippen molar-refractivity contribution in [2.45, 2.75) is 45.3 Å². The van der Waals surface area contributed by atoms with E-state index in [2.05, 4.69) is 9.72 Å². The topological polar surface area (TPSA) is 43.5 Å². The quantitative estimate of drug-likeness (QED) is 0.860. The van der Waals surface area contributed by atoms with Crippen molar-refractivity contribution in [2.24, 2.45) is 0 Å².